The van der Waals surface area contributed by atoms with Gasteiger partial charge in [-0.1, -0.05) is 0 Å². The van der Waals surface area contributed by atoms with Crippen LogP contribution in [0.1, 0.15) is 23.4 Å². The number of anilines is 1. The van der Waals surface area contributed by atoms with Crippen LogP contribution in [-0.4, -0.2) is 47.0 Å². The Kier molecular flexibility index (Phi) is 5.21. The van der Waals surface area contributed by atoms with Crippen molar-refractivity contribution in [1.29, 1.82) is 0 Å². The molecule has 0 bridgehead atoms. The zero-order valence-corrected chi connectivity index (χ0v) is 13.9. The zero-order valence-electron chi connectivity index (χ0n) is 13.9. The summed E-state index contributed by atoms with van der Waals surface area (Å²) in [5, 5.41) is 11.8. The summed E-state index contributed by atoms with van der Waals surface area (Å²) in [7, 11) is 0. The van der Waals surface area contributed by atoms with E-state index in [-0.39, 0.29) is 17.4 Å². The Bertz CT molecular complexity index is 785. The number of aromatic hydroxyl groups is 1. The summed E-state index contributed by atoms with van der Waals surface area (Å²) < 4.78 is 10.1. The first-order valence-corrected chi connectivity index (χ1v) is 8.14. The molecule has 8 nitrogen and oxygen atoms in total. The molecule has 0 unspecified atom stereocenters. The Hall–Kier alpha value is -3.29. The third-order valence-corrected chi connectivity index (χ3v) is 4.01. The van der Waals surface area contributed by atoms with Crippen LogP contribution in [0.15, 0.2) is 47.1 Å². The average Bonchev–Trinajstić information content (AvgIpc) is 3.33. The van der Waals surface area contributed by atoms with Gasteiger partial charge in [0.1, 0.15) is 11.8 Å². The number of rotatable bonds is 5. The van der Waals surface area contributed by atoms with Gasteiger partial charge >= 0.3 is 5.97 Å². The SMILES string of the molecule is O=C(COC(=O)[C@@H]1CCCN1C(=O)c1ccco1)Nc1ccc(O)cc1. The number of likely N-dealkylation sites (tertiary alicyclic amines) is 1. The summed E-state index contributed by atoms with van der Waals surface area (Å²) in [4.78, 5) is 37.9. The second kappa shape index (κ2) is 7.73. The number of carbonyl (C=O) groups excluding carboxylic acids is 3. The molecule has 1 aliphatic heterocycles. The lowest BCUT2D eigenvalue weighted by atomic mass is 10.2. The number of phenols is 1. The quantitative estimate of drug-likeness (QED) is 0.623. The van der Waals surface area contributed by atoms with Crippen LogP contribution in [0.5, 0.6) is 5.75 Å². The number of nitrogens with zero attached hydrogens (tertiary/aromatic N) is 1. The molecular formula is C18H18N2O6. The van der Waals surface area contributed by atoms with E-state index in [4.69, 9.17) is 9.15 Å². The molecule has 0 radical (unpaired) electrons. The molecule has 8 heteroatoms. The highest BCUT2D eigenvalue weighted by atomic mass is 16.5. The number of hydrogen-bond donors (Lipinski definition) is 2. The number of benzene rings is 1. The Morgan fingerprint density at radius 1 is 1.23 bits per heavy atom. The van der Waals surface area contributed by atoms with E-state index in [0.717, 1.165) is 0 Å². The fourth-order valence-corrected chi connectivity index (χ4v) is 2.77. The van der Waals surface area contributed by atoms with Crippen molar-refractivity contribution < 1.29 is 28.6 Å². The molecule has 1 atom stereocenters. The smallest absolute Gasteiger partial charge is 0.329 e. The van der Waals surface area contributed by atoms with Crippen LogP contribution in [0.2, 0.25) is 0 Å². The minimum Gasteiger partial charge on any atom is -0.508 e. The first-order valence-electron chi connectivity index (χ1n) is 8.14. The van der Waals surface area contributed by atoms with Crippen LogP contribution in [0.4, 0.5) is 5.69 Å². The first kappa shape index (κ1) is 17.5. The lowest BCUT2D eigenvalue weighted by Crippen LogP contribution is -2.42. The molecule has 2 N–H and O–H groups in total. The van der Waals surface area contributed by atoms with Crippen molar-refractivity contribution in [3.05, 3.63) is 48.4 Å². The average molecular weight is 358 g/mol. The van der Waals surface area contributed by atoms with Crippen LogP contribution in [0.25, 0.3) is 0 Å². The molecule has 1 aromatic carbocycles. The lowest BCUT2D eigenvalue weighted by molar-refractivity contribution is -0.151. The highest BCUT2D eigenvalue weighted by Crippen LogP contribution is 2.21. The molecule has 1 aliphatic rings. The molecular weight excluding hydrogens is 340 g/mol. The van der Waals surface area contributed by atoms with E-state index in [1.165, 1.54) is 41.5 Å². The van der Waals surface area contributed by atoms with Gasteiger partial charge in [0.25, 0.3) is 11.8 Å². The number of phenolic OH excluding ortho intramolecular Hbond substituents is 1. The molecule has 2 amide bonds. The van der Waals surface area contributed by atoms with E-state index in [1.807, 2.05) is 0 Å². The summed E-state index contributed by atoms with van der Waals surface area (Å²) in [5.74, 6) is -1.26. The number of carbonyl (C=O) groups is 3. The van der Waals surface area contributed by atoms with Crippen molar-refractivity contribution >= 4 is 23.5 Å². The van der Waals surface area contributed by atoms with E-state index >= 15 is 0 Å². The maximum absolute atomic E-state index is 12.4. The minimum absolute atomic E-state index is 0.0805. The minimum atomic E-state index is -0.728. The van der Waals surface area contributed by atoms with Gasteiger partial charge in [0.05, 0.1) is 6.26 Å². The van der Waals surface area contributed by atoms with E-state index in [1.54, 1.807) is 6.07 Å². The Morgan fingerprint density at radius 2 is 2.00 bits per heavy atom. The highest BCUT2D eigenvalue weighted by Gasteiger charge is 2.36. The van der Waals surface area contributed by atoms with Gasteiger partial charge in [-0.2, -0.15) is 0 Å². The number of esters is 1. The monoisotopic (exact) mass is 358 g/mol. The fourth-order valence-electron chi connectivity index (χ4n) is 2.77. The second-order valence-electron chi connectivity index (χ2n) is 5.84. The summed E-state index contributed by atoms with van der Waals surface area (Å²) >= 11 is 0. The number of nitrogens with one attached hydrogen (secondary N) is 1. The molecule has 2 aromatic rings. The standard InChI is InChI=1S/C18H18N2O6/c21-13-7-5-12(6-8-13)19-16(22)11-26-18(24)14-3-1-9-20(14)17(23)15-4-2-10-25-15/h2,4-8,10,14,21H,1,3,9,11H2,(H,19,22)/t14-/m0/s1. The number of hydrogen-bond acceptors (Lipinski definition) is 6. The van der Waals surface area contributed by atoms with Crippen molar-refractivity contribution in [1.82, 2.24) is 4.90 Å². The molecule has 1 aromatic heterocycles. The number of amides is 2. The van der Waals surface area contributed by atoms with Crippen LogP contribution in [0.3, 0.4) is 0 Å². The predicted octanol–water partition coefficient (Wildman–Crippen LogP) is 1.77. The molecule has 26 heavy (non-hydrogen) atoms. The van der Waals surface area contributed by atoms with Gasteiger partial charge in [-0.15, -0.1) is 0 Å². The maximum atomic E-state index is 12.4. The fraction of sp³-hybridized carbons (Fsp3) is 0.278. The summed E-state index contributed by atoms with van der Waals surface area (Å²) in [6.07, 6.45) is 2.54. The lowest BCUT2D eigenvalue weighted by Gasteiger charge is -2.22. The van der Waals surface area contributed by atoms with Gasteiger partial charge in [0, 0.05) is 12.2 Å². The van der Waals surface area contributed by atoms with Gasteiger partial charge in [-0.25, -0.2) is 4.79 Å². The highest BCUT2D eigenvalue weighted by molar-refractivity contribution is 5.96. The van der Waals surface area contributed by atoms with Gasteiger partial charge in [0.2, 0.25) is 0 Å². The Balaban J connectivity index is 1.53. The van der Waals surface area contributed by atoms with E-state index in [0.29, 0.717) is 25.1 Å². The first-order chi connectivity index (χ1) is 12.5. The number of furan rings is 1. The van der Waals surface area contributed by atoms with Crippen molar-refractivity contribution in [3.63, 3.8) is 0 Å². The molecule has 0 saturated carbocycles. The van der Waals surface area contributed by atoms with Gasteiger partial charge in [-0.3, -0.25) is 9.59 Å². The van der Waals surface area contributed by atoms with Crippen molar-refractivity contribution in [2.45, 2.75) is 18.9 Å². The van der Waals surface area contributed by atoms with Crippen molar-refractivity contribution in [2.75, 3.05) is 18.5 Å². The maximum Gasteiger partial charge on any atom is 0.329 e. The number of ether oxygens (including phenoxy) is 1. The second-order valence-corrected chi connectivity index (χ2v) is 5.84. The van der Waals surface area contributed by atoms with Crippen LogP contribution in [0, 0.1) is 0 Å². The zero-order chi connectivity index (χ0) is 18.5. The van der Waals surface area contributed by atoms with E-state index in [9.17, 15) is 19.5 Å². The summed E-state index contributed by atoms with van der Waals surface area (Å²) in [6, 6.07) is 8.31. The summed E-state index contributed by atoms with van der Waals surface area (Å²) in [6.45, 7) is -0.0298. The van der Waals surface area contributed by atoms with E-state index < -0.39 is 24.5 Å². The largest absolute Gasteiger partial charge is 0.508 e. The van der Waals surface area contributed by atoms with Gasteiger partial charge < -0.3 is 24.5 Å². The van der Waals surface area contributed by atoms with Crippen molar-refractivity contribution in [3.8, 4) is 5.75 Å². The third-order valence-electron chi connectivity index (χ3n) is 4.01. The molecule has 0 aliphatic carbocycles. The van der Waals surface area contributed by atoms with Gasteiger partial charge in [-0.05, 0) is 49.2 Å². The predicted molar refractivity (Wildman–Crippen MR) is 90.5 cm³/mol. The van der Waals surface area contributed by atoms with Crippen molar-refractivity contribution in [2.24, 2.45) is 0 Å². The molecule has 0 spiro atoms. The Morgan fingerprint density at radius 3 is 2.69 bits per heavy atom. The van der Waals surface area contributed by atoms with Crippen LogP contribution >= 0.6 is 0 Å². The topological polar surface area (TPSA) is 109 Å². The molecule has 136 valence electrons. The normalized spacial score (nSPS) is 16.3. The molecule has 1 saturated heterocycles. The van der Waals surface area contributed by atoms with E-state index in [2.05, 4.69) is 5.32 Å². The van der Waals surface area contributed by atoms with Gasteiger partial charge in [0.15, 0.2) is 12.4 Å². The molecule has 2 heterocycles. The summed E-state index contributed by atoms with van der Waals surface area (Å²) in [5.41, 5.74) is 0.472. The Labute approximate surface area is 149 Å². The third kappa shape index (κ3) is 4.02. The van der Waals surface area contributed by atoms with Crippen LogP contribution < -0.4 is 5.32 Å². The molecule has 1 fully saturated rings. The van der Waals surface area contributed by atoms with Crippen LogP contribution in [-0.2, 0) is 14.3 Å². The molecule has 3 rings (SSSR count).